The van der Waals surface area contributed by atoms with E-state index in [-0.39, 0.29) is 11.7 Å². The first-order chi connectivity index (χ1) is 11.5. The molecule has 1 saturated carbocycles. The zero-order valence-electron chi connectivity index (χ0n) is 13.6. The SMILES string of the molecule is COC(=O)C(=O)C1C(C(=O)c2ccc(C)cc2)C1c1ccccc1. The molecule has 4 nitrogen and oxygen atoms in total. The van der Waals surface area contributed by atoms with E-state index >= 15 is 0 Å². The van der Waals surface area contributed by atoms with E-state index in [0.29, 0.717) is 5.56 Å². The number of carbonyl (C=O) groups is 3. The van der Waals surface area contributed by atoms with Gasteiger partial charge in [-0.3, -0.25) is 9.59 Å². The Bertz CT molecular complexity index is 777. The van der Waals surface area contributed by atoms with Crippen molar-refractivity contribution in [2.24, 2.45) is 11.8 Å². The van der Waals surface area contributed by atoms with Crippen LogP contribution in [0.2, 0.25) is 0 Å². The van der Waals surface area contributed by atoms with Crippen LogP contribution in [0.25, 0.3) is 0 Å². The number of hydrogen-bond acceptors (Lipinski definition) is 4. The number of esters is 1. The number of Topliss-reactive ketones (excluding diaryl/α,β-unsaturated/α-hetero) is 2. The predicted molar refractivity (Wildman–Crippen MR) is 88.7 cm³/mol. The van der Waals surface area contributed by atoms with E-state index in [9.17, 15) is 14.4 Å². The Labute approximate surface area is 140 Å². The van der Waals surface area contributed by atoms with Crippen LogP contribution in [-0.2, 0) is 14.3 Å². The second-order valence-electron chi connectivity index (χ2n) is 6.07. The van der Waals surface area contributed by atoms with Crippen LogP contribution in [-0.4, -0.2) is 24.6 Å². The predicted octanol–water partition coefficient (Wildman–Crippen LogP) is 2.95. The minimum Gasteiger partial charge on any atom is -0.463 e. The van der Waals surface area contributed by atoms with Gasteiger partial charge in [0.2, 0.25) is 5.78 Å². The third-order valence-corrected chi connectivity index (χ3v) is 4.53. The van der Waals surface area contributed by atoms with E-state index in [1.807, 2.05) is 49.4 Å². The Morgan fingerprint density at radius 3 is 2.08 bits per heavy atom. The first-order valence-corrected chi connectivity index (χ1v) is 7.82. The van der Waals surface area contributed by atoms with Gasteiger partial charge in [0.15, 0.2) is 5.78 Å². The molecular formula is C20H18O4. The molecule has 0 spiro atoms. The van der Waals surface area contributed by atoms with Crippen LogP contribution in [0.5, 0.6) is 0 Å². The molecule has 0 amide bonds. The highest BCUT2D eigenvalue weighted by atomic mass is 16.5. The molecule has 0 aliphatic heterocycles. The van der Waals surface area contributed by atoms with Crippen LogP contribution in [0.3, 0.4) is 0 Å². The second kappa shape index (κ2) is 6.40. The van der Waals surface area contributed by atoms with Crippen molar-refractivity contribution in [1.29, 1.82) is 0 Å². The van der Waals surface area contributed by atoms with Crippen molar-refractivity contribution in [2.75, 3.05) is 7.11 Å². The van der Waals surface area contributed by atoms with Crippen LogP contribution in [0.15, 0.2) is 54.6 Å². The van der Waals surface area contributed by atoms with Crippen LogP contribution >= 0.6 is 0 Å². The number of ketones is 2. The minimum absolute atomic E-state index is 0.105. The molecule has 3 rings (SSSR count). The summed E-state index contributed by atoms with van der Waals surface area (Å²) < 4.78 is 4.55. The van der Waals surface area contributed by atoms with Crippen LogP contribution < -0.4 is 0 Å². The van der Waals surface area contributed by atoms with E-state index in [1.54, 1.807) is 12.1 Å². The summed E-state index contributed by atoms with van der Waals surface area (Å²) in [4.78, 5) is 36.8. The molecule has 2 aromatic carbocycles. The number of methoxy groups -OCH3 is 1. The van der Waals surface area contributed by atoms with Gasteiger partial charge in [-0.15, -0.1) is 0 Å². The highest BCUT2D eigenvalue weighted by Gasteiger charge is 2.60. The van der Waals surface area contributed by atoms with Crippen molar-refractivity contribution in [3.63, 3.8) is 0 Å². The van der Waals surface area contributed by atoms with Gasteiger partial charge in [0.1, 0.15) is 0 Å². The first-order valence-electron chi connectivity index (χ1n) is 7.82. The molecule has 24 heavy (non-hydrogen) atoms. The van der Waals surface area contributed by atoms with Crippen molar-refractivity contribution in [1.82, 2.24) is 0 Å². The smallest absolute Gasteiger partial charge is 0.374 e. The molecule has 0 N–H and O–H groups in total. The Hall–Kier alpha value is -2.75. The molecule has 3 unspecified atom stereocenters. The monoisotopic (exact) mass is 322 g/mol. The molecule has 0 saturated heterocycles. The highest BCUT2D eigenvalue weighted by Crippen LogP contribution is 2.56. The van der Waals surface area contributed by atoms with Crippen LogP contribution in [0.1, 0.15) is 27.4 Å². The maximum atomic E-state index is 12.8. The molecule has 1 fully saturated rings. The quantitative estimate of drug-likeness (QED) is 0.482. The lowest BCUT2D eigenvalue weighted by Gasteiger charge is -2.01. The van der Waals surface area contributed by atoms with Crippen molar-refractivity contribution in [3.8, 4) is 0 Å². The molecule has 1 aliphatic carbocycles. The molecule has 1 aliphatic rings. The highest BCUT2D eigenvalue weighted by molar-refractivity contribution is 6.36. The van der Waals surface area contributed by atoms with E-state index < -0.39 is 23.6 Å². The maximum absolute atomic E-state index is 12.8. The molecule has 4 heteroatoms. The van der Waals surface area contributed by atoms with Gasteiger partial charge in [-0.25, -0.2) is 4.79 Å². The van der Waals surface area contributed by atoms with Gasteiger partial charge in [0.25, 0.3) is 0 Å². The zero-order valence-corrected chi connectivity index (χ0v) is 13.6. The summed E-state index contributed by atoms with van der Waals surface area (Å²) in [5, 5.41) is 0. The average Bonchev–Trinajstić information content (AvgIpc) is 3.36. The van der Waals surface area contributed by atoms with Gasteiger partial charge in [-0.1, -0.05) is 60.2 Å². The average molecular weight is 322 g/mol. The van der Waals surface area contributed by atoms with Gasteiger partial charge >= 0.3 is 5.97 Å². The summed E-state index contributed by atoms with van der Waals surface area (Å²) in [6, 6.07) is 16.6. The second-order valence-corrected chi connectivity index (χ2v) is 6.07. The number of rotatable bonds is 5. The minimum atomic E-state index is -0.889. The van der Waals surface area contributed by atoms with E-state index in [4.69, 9.17) is 0 Å². The summed E-state index contributed by atoms with van der Waals surface area (Å²) in [6.45, 7) is 1.95. The van der Waals surface area contributed by atoms with Gasteiger partial charge in [0, 0.05) is 23.3 Å². The number of ether oxygens (including phenoxy) is 1. The third kappa shape index (κ3) is 2.87. The fourth-order valence-electron chi connectivity index (χ4n) is 3.20. The van der Waals surface area contributed by atoms with E-state index in [2.05, 4.69) is 4.74 Å². The number of carbonyl (C=O) groups excluding carboxylic acids is 3. The largest absolute Gasteiger partial charge is 0.463 e. The lowest BCUT2D eigenvalue weighted by atomic mass is 10.0. The molecule has 0 aromatic heterocycles. The molecule has 0 radical (unpaired) electrons. The van der Waals surface area contributed by atoms with Gasteiger partial charge in [-0.05, 0) is 12.5 Å². The molecular weight excluding hydrogens is 304 g/mol. The van der Waals surface area contributed by atoms with Crippen molar-refractivity contribution < 1.29 is 19.1 Å². The van der Waals surface area contributed by atoms with E-state index in [1.165, 1.54) is 7.11 Å². The Morgan fingerprint density at radius 1 is 0.875 bits per heavy atom. The van der Waals surface area contributed by atoms with Crippen LogP contribution in [0, 0.1) is 18.8 Å². The maximum Gasteiger partial charge on any atom is 0.374 e. The van der Waals surface area contributed by atoms with Gasteiger partial charge in [-0.2, -0.15) is 0 Å². The molecule has 122 valence electrons. The van der Waals surface area contributed by atoms with Gasteiger partial charge < -0.3 is 4.74 Å². The van der Waals surface area contributed by atoms with Gasteiger partial charge in [0.05, 0.1) is 7.11 Å². The number of benzene rings is 2. The lowest BCUT2D eigenvalue weighted by Crippen LogP contribution is -2.20. The zero-order chi connectivity index (χ0) is 17.3. The summed E-state index contributed by atoms with van der Waals surface area (Å²) in [6.07, 6.45) is 0. The number of hydrogen-bond donors (Lipinski definition) is 0. The summed E-state index contributed by atoms with van der Waals surface area (Å²) in [5.41, 5.74) is 2.51. The molecule has 0 bridgehead atoms. The first kappa shape index (κ1) is 16.1. The van der Waals surface area contributed by atoms with Crippen molar-refractivity contribution in [3.05, 3.63) is 71.3 Å². The Balaban J connectivity index is 1.91. The number of aryl methyl sites for hydroxylation is 1. The van der Waals surface area contributed by atoms with Crippen molar-refractivity contribution >= 4 is 17.5 Å². The summed E-state index contributed by atoms with van der Waals surface area (Å²) >= 11 is 0. The normalized spacial score (nSPS) is 21.8. The lowest BCUT2D eigenvalue weighted by molar-refractivity contribution is -0.152. The summed E-state index contributed by atoms with van der Waals surface area (Å²) in [5.74, 6) is -3.05. The Kier molecular flexibility index (Phi) is 4.30. The fourth-order valence-corrected chi connectivity index (χ4v) is 3.20. The third-order valence-electron chi connectivity index (χ3n) is 4.53. The molecule has 0 heterocycles. The molecule has 3 atom stereocenters. The summed E-state index contributed by atoms with van der Waals surface area (Å²) in [7, 11) is 1.18. The van der Waals surface area contributed by atoms with Crippen molar-refractivity contribution in [2.45, 2.75) is 12.8 Å². The van der Waals surface area contributed by atoms with E-state index in [0.717, 1.165) is 11.1 Å². The topological polar surface area (TPSA) is 60.4 Å². The van der Waals surface area contributed by atoms with Crippen LogP contribution in [0.4, 0.5) is 0 Å². The Morgan fingerprint density at radius 2 is 1.50 bits per heavy atom. The molecule has 2 aromatic rings. The standard InChI is InChI=1S/C20H18O4/c1-12-8-10-14(11-9-12)18(21)16-15(13-6-4-3-5-7-13)17(16)19(22)20(23)24-2/h3-11,15-17H,1-2H3. The fraction of sp³-hybridized carbons (Fsp3) is 0.250.